The second-order valence-corrected chi connectivity index (χ2v) is 7.52. The topological polar surface area (TPSA) is 41.4 Å². The summed E-state index contributed by atoms with van der Waals surface area (Å²) in [6.07, 6.45) is 3.86. The van der Waals surface area contributed by atoms with Gasteiger partial charge in [0.1, 0.15) is 22.8 Å². The molecule has 126 valence electrons. The highest BCUT2D eigenvalue weighted by Crippen LogP contribution is 2.42. The molecular weight excluding hydrogens is 387 g/mol. The minimum Gasteiger partial charge on any atom is -0.303 e. The van der Waals surface area contributed by atoms with Gasteiger partial charge in [0.2, 0.25) is 0 Å². The van der Waals surface area contributed by atoms with Gasteiger partial charge in [0.25, 0.3) is 0 Å². The first-order valence-electron chi connectivity index (χ1n) is 7.30. The van der Waals surface area contributed by atoms with Crippen LogP contribution in [0.1, 0.15) is 31.0 Å². The van der Waals surface area contributed by atoms with Crippen molar-refractivity contribution in [3.63, 3.8) is 0 Å². The SMILES string of the molecule is CSc1ccnc(C(C)C)c1N1CN=C(Cl)c2cc(Cl)c(Cl)nc21. The van der Waals surface area contributed by atoms with Gasteiger partial charge in [-0.25, -0.2) is 4.98 Å². The van der Waals surface area contributed by atoms with Crippen molar-refractivity contribution in [3.8, 4) is 0 Å². The van der Waals surface area contributed by atoms with E-state index in [1.807, 2.05) is 23.4 Å². The quantitative estimate of drug-likeness (QED) is 0.487. The van der Waals surface area contributed by atoms with Crippen molar-refractivity contribution < 1.29 is 0 Å². The summed E-state index contributed by atoms with van der Waals surface area (Å²) in [5.41, 5.74) is 2.64. The Balaban J connectivity index is 2.25. The highest BCUT2D eigenvalue weighted by molar-refractivity contribution is 7.98. The molecule has 0 amide bonds. The molecule has 0 saturated heterocycles. The Labute approximate surface area is 160 Å². The van der Waals surface area contributed by atoms with Crippen LogP contribution < -0.4 is 4.90 Å². The lowest BCUT2D eigenvalue weighted by Crippen LogP contribution is -2.27. The number of fused-ring (bicyclic) bond motifs is 1. The second-order valence-electron chi connectivity index (χ2n) is 5.55. The van der Waals surface area contributed by atoms with Gasteiger partial charge in [-0.05, 0) is 24.3 Å². The van der Waals surface area contributed by atoms with Gasteiger partial charge in [-0.15, -0.1) is 11.8 Å². The Hall–Kier alpha value is -1.01. The predicted molar refractivity (Wildman–Crippen MR) is 104 cm³/mol. The van der Waals surface area contributed by atoms with Crippen molar-refractivity contribution in [1.82, 2.24) is 9.97 Å². The molecule has 2 aromatic rings. The van der Waals surface area contributed by atoms with E-state index in [4.69, 9.17) is 34.8 Å². The zero-order valence-corrected chi connectivity index (χ0v) is 16.4. The van der Waals surface area contributed by atoms with Crippen LogP contribution in [0.25, 0.3) is 0 Å². The summed E-state index contributed by atoms with van der Waals surface area (Å²) >= 11 is 20.2. The first kappa shape index (κ1) is 17.8. The van der Waals surface area contributed by atoms with Gasteiger partial charge >= 0.3 is 0 Å². The third kappa shape index (κ3) is 3.10. The van der Waals surface area contributed by atoms with Crippen molar-refractivity contribution >= 4 is 63.2 Å². The summed E-state index contributed by atoms with van der Waals surface area (Å²) in [5.74, 6) is 0.898. The van der Waals surface area contributed by atoms with E-state index in [1.165, 1.54) is 0 Å². The van der Waals surface area contributed by atoms with Crippen LogP contribution in [0, 0.1) is 0 Å². The zero-order valence-electron chi connectivity index (χ0n) is 13.3. The first-order chi connectivity index (χ1) is 11.4. The summed E-state index contributed by atoms with van der Waals surface area (Å²) in [4.78, 5) is 16.5. The van der Waals surface area contributed by atoms with E-state index in [9.17, 15) is 0 Å². The van der Waals surface area contributed by atoms with Gasteiger partial charge in [0, 0.05) is 11.1 Å². The van der Waals surface area contributed by atoms with E-state index in [-0.39, 0.29) is 11.1 Å². The number of anilines is 2. The van der Waals surface area contributed by atoms with E-state index in [0.29, 0.717) is 28.2 Å². The van der Waals surface area contributed by atoms with Crippen LogP contribution in [-0.2, 0) is 0 Å². The van der Waals surface area contributed by atoms with Gasteiger partial charge in [-0.1, -0.05) is 48.7 Å². The molecule has 1 aliphatic heterocycles. The molecule has 3 heterocycles. The molecule has 8 heteroatoms. The Morgan fingerprint density at radius 2 is 2.00 bits per heavy atom. The molecule has 3 rings (SSSR count). The molecule has 4 nitrogen and oxygen atoms in total. The summed E-state index contributed by atoms with van der Waals surface area (Å²) in [5, 5.41) is 0.978. The second kappa shape index (κ2) is 7.08. The first-order valence-corrected chi connectivity index (χ1v) is 9.66. The van der Waals surface area contributed by atoms with Crippen LogP contribution in [-0.4, -0.2) is 28.1 Å². The Morgan fingerprint density at radius 3 is 2.67 bits per heavy atom. The van der Waals surface area contributed by atoms with Gasteiger partial charge in [0.05, 0.1) is 22.0 Å². The van der Waals surface area contributed by atoms with E-state index in [2.05, 4.69) is 28.8 Å². The Bertz CT molecular complexity index is 823. The third-order valence-corrected chi connectivity index (χ3v) is 5.46. The largest absolute Gasteiger partial charge is 0.303 e. The fraction of sp³-hybridized carbons (Fsp3) is 0.312. The summed E-state index contributed by atoms with van der Waals surface area (Å²) in [7, 11) is 0. The van der Waals surface area contributed by atoms with Crippen molar-refractivity contribution in [2.24, 2.45) is 4.99 Å². The van der Waals surface area contributed by atoms with Crippen LogP contribution in [0.4, 0.5) is 11.5 Å². The Morgan fingerprint density at radius 1 is 1.25 bits per heavy atom. The molecule has 0 saturated carbocycles. The fourth-order valence-electron chi connectivity index (χ4n) is 2.59. The van der Waals surface area contributed by atoms with E-state index < -0.39 is 0 Å². The van der Waals surface area contributed by atoms with E-state index >= 15 is 0 Å². The van der Waals surface area contributed by atoms with Crippen molar-refractivity contribution in [2.75, 3.05) is 17.8 Å². The monoisotopic (exact) mass is 400 g/mol. The van der Waals surface area contributed by atoms with Crippen LogP contribution in [0.15, 0.2) is 28.2 Å². The number of pyridine rings is 2. The number of hydrogen-bond donors (Lipinski definition) is 0. The lowest BCUT2D eigenvalue weighted by atomic mass is 10.1. The number of rotatable bonds is 3. The van der Waals surface area contributed by atoms with Crippen molar-refractivity contribution in [1.29, 1.82) is 0 Å². The predicted octanol–water partition coefficient (Wildman–Crippen LogP) is 5.72. The van der Waals surface area contributed by atoms with E-state index in [1.54, 1.807) is 17.8 Å². The minimum atomic E-state index is 0.243. The smallest absolute Gasteiger partial charge is 0.150 e. The fourth-order valence-corrected chi connectivity index (χ4v) is 3.67. The molecule has 24 heavy (non-hydrogen) atoms. The highest BCUT2D eigenvalue weighted by atomic mass is 35.5. The number of hydrogen-bond acceptors (Lipinski definition) is 5. The lowest BCUT2D eigenvalue weighted by molar-refractivity contribution is 0.798. The molecule has 0 fully saturated rings. The van der Waals surface area contributed by atoms with Gasteiger partial charge < -0.3 is 4.90 Å². The average Bonchev–Trinajstić information content (AvgIpc) is 2.56. The zero-order chi connectivity index (χ0) is 17.4. The normalized spacial score (nSPS) is 14.0. The van der Waals surface area contributed by atoms with Crippen molar-refractivity contribution in [3.05, 3.63) is 39.8 Å². The molecule has 0 bridgehead atoms. The summed E-state index contributed by atoms with van der Waals surface area (Å²) in [6.45, 7) is 4.58. The summed E-state index contributed by atoms with van der Waals surface area (Å²) < 4.78 is 0. The average molecular weight is 402 g/mol. The highest BCUT2D eigenvalue weighted by Gasteiger charge is 2.28. The molecule has 0 atom stereocenters. The maximum absolute atomic E-state index is 6.26. The van der Waals surface area contributed by atoms with Crippen LogP contribution in [0.2, 0.25) is 10.2 Å². The number of halogens is 3. The molecule has 0 radical (unpaired) electrons. The standard InChI is InChI=1S/C16H15Cl3N4S/c1-8(2)12-13(11(24-3)4-5-20-12)23-7-21-14(18)9-6-10(17)15(19)22-16(9)23/h4-6,8H,7H2,1-3H3. The van der Waals surface area contributed by atoms with Gasteiger partial charge in [0.15, 0.2) is 0 Å². The molecule has 0 spiro atoms. The number of aromatic nitrogens is 2. The van der Waals surface area contributed by atoms with Crippen LogP contribution >= 0.6 is 46.6 Å². The van der Waals surface area contributed by atoms with Gasteiger partial charge in [-0.2, -0.15) is 0 Å². The molecular formula is C16H15Cl3N4S. The van der Waals surface area contributed by atoms with Gasteiger partial charge in [-0.3, -0.25) is 9.98 Å². The third-order valence-electron chi connectivity index (χ3n) is 3.69. The summed E-state index contributed by atoms with van der Waals surface area (Å²) in [6, 6.07) is 3.69. The van der Waals surface area contributed by atoms with Crippen molar-refractivity contribution in [2.45, 2.75) is 24.7 Å². The molecule has 2 aromatic heterocycles. The molecule has 1 aliphatic rings. The number of thioether (sulfide) groups is 1. The molecule has 0 N–H and O–H groups in total. The maximum atomic E-state index is 6.26. The number of aliphatic imine (C=N–C) groups is 1. The van der Waals surface area contributed by atoms with E-state index in [0.717, 1.165) is 16.3 Å². The maximum Gasteiger partial charge on any atom is 0.150 e. The Kier molecular flexibility index (Phi) is 5.25. The van der Waals surface area contributed by atoms with Crippen LogP contribution in [0.3, 0.4) is 0 Å². The molecule has 0 aliphatic carbocycles. The lowest BCUT2D eigenvalue weighted by Gasteiger charge is -2.31. The molecule has 0 unspecified atom stereocenters. The van der Waals surface area contributed by atoms with Crippen LogP contribution in [0.5, 0.6) is 0 Å². The molecule has 0 aromatic carbocycles. The minimum absolute atomic E-state index is 0.243. The number of nitrogens with zero attached hydrogens (tertiary/aromatic N) is 4.